The van der Waals surface area contributed by atoms with Crippen LogP contribution < -0.4 is 15.4 Å². The number of nitrogens with one attached hydrogen (secondary N) is 2. The second-order valence-corrected chi connectivity index (χ2v) is 7.06. The van der Waals surface area contributed by atoms with Crippen molar-refractivity contribution < 1.29 is 4.74 Å². The first kappa shape index (κ1) is 22.3. The number of aliphatic imine (C=N–C) groups is 1. The molecular formula is C18H31IN4OS. The van der Waals surface area contributed by atoms with Gasteiger partial charge in [-0.1, -0.05) is 0 Å². The smallest absolute Gasteiger partial charge is 0.213 e. The van der Waals surface area contributed by atoms with Gasteiger partial charge in [0.25, 0.3) is 0 Å². The van der Waals surface area contributed by atoms with Crippen molar-refractivity contribution in [2.45, 2.75) is 39.2 Å². The van der Waals surface area contributed by atoms with Gasteiger partial charge in [0.15, 0.2) is 5.96 Å². The van der Waals surface area contributed by atoms with Gasteiger partial charge in [0.05, 0.1) is 13.2 Å². The molecule has 0 aliphatic heterocycles. The van der Waals surface area contributed by atoms with Crippen LogP contribution in [0.5, 0.6) is 5.88 Å². The van der Waals surface area contributed by atoms with E-state index in [0.29, 0.717) is 12.4 Å². The minimum Gasteiger partial charge on any atom is -0.477 e. The molecule has 1 aliphatic carbocycles. The molecule has 1 saturated carbocycles. The van der Waals surface area contributed by atoms with Gasteiger partial charge in [0, 0.05) is 25.4 Å². The van der Waals surface area contributed by atoms with Crippen molar-refractivity contribution in [2.24, 2.45) is 10.9 Å². The first-order valence-corrected chi connectivity index (χ1v) is 10.3. The predicted octanol–water partition coefficient (Wildman–Crippen LogP) is 3.69. The Morgan fingerprint density at radius 2 is 2.20 bits per heavy atom. The quantitative estimate of drug-likeness (QED) is 0.220. The second kappa shape index (κ2) is 13.5. The number of thioether (sulfide) groups is 1. The minimum atomic E-state index is 0. The highest BCUT2D eigenvalue weighted by Gasteiger charge is 2.22. The van der Waals surface area contributed by atoms with E-state index in [-0.39, 0.29) is 24.0 Å². The molecule has 0 saturated heterocycles. The van der Waals surface area contributed by atoms with E-state index in [0.717, 1.165) is 37.1 Å². The number of halogens is 1. The van der Waals surface area contributed by atoms with Gasteiger partial charge in [-0.2, -0.15) is 11.8 Å². The zero-order chi connectivity index (χ0) is 17.0. The standard InChI is InChI=1S/C18H30N4OS.HI/c1-3-19-18(21-9-4-5-11-24-2)22-13-16-8-10-20-17(12-16)23-14-15-6-7-15;/h8,10,12,15H,3-7,9,11,13-14H2,1-2H3,(H2,19,21,22);1H. The highest BCUT2D eigenvalue weighted by molar-refractivity contribution is 14.0. The highest BCUT2D eigenvalue weighted by Crippen LogP contribution is 2.29. The van der Waals surface area contributed by atoms with Crippen LogP contribution in [-0.4, -0.2) is 42.6 Å². The number of ether oxygens (including phenoxy) is 1. The van der Waals surface area contributed by atoms with Crippen molar-refractivity contribution >= 4 is 41.7 Å². The maximum Gasteiger partial charge on any atom is 0.213 e. The number of unbranched alkanes of at least 4 members (excludes halogenated alkanes) is 1. The van der Waals surface area contributed by atoms with Crippen molar-refractivity contribution in [3.63, 3.8) is 0 Å². The molecule has 142 valence electrons. The Morgan fingerprint density at radius 3 is 2.92 bits per heavy atom. The van der Waals surface area contributed by atoms with Crippen molar-refractivity contribution in [3.05, 3.63) is 23.9 Å². The van der Waals surface area contributed by atoms with Crippen molar-refractivity contribution in [3.8, 4) is 5.88 Å². The van der Waals surface area contributed by atoms with E-state index in [4.69, 9.17) is 4.74 Å². The number of pyridine rings is 1. The maximum absolute atomic E-state index is 5.73. The molecule has 0 amide bonds. The average molecular weight is 478 g/mol. The fourth-order valence-electron chi connectivity index (χ4n) is 2.21. The molecule has 1 fully saturated rings. The molecule has 1 aromatic rings. The number of aromatic nitrogens is 1. The fraction of sp³-hybridized carbons (Fsp3) is 0.667. The summed E-state index contributed by atoms with van der Waals surface area (Å²) in [6, 6.07) is 3.99. The zero-order valence-electron chi connectivity index (χ0n) is 15.3. The second-order valence-electron chi connectivity index (χ2n) is 6.08. The third-order valence-electron chi connectivity index (χ3n) is 3.79. The molecule has 5 nitrogen and oxygen atoms in total. The van der Waals surface area contributed by atoms with Gasteiger partial charge in [0.2, 0.25) is 5.88 Å². The van der Waals surface area contributed by atoms with E-state index in [1.165, 1.54) is 31.4 Å². The third-order valence-corrected chi connectivity index (χ3v) is 4.49. The Labute approximate surface area is 173 Å². The molecule has 0 bridgehead atoms. The first-order valence-electron chi connectivity index (χ1n) is 8.90. The molecule has 0 radical (unpaired) electrons. The SMILES string of the molecule is CCNC(=NCc1ccnc(OCC2CC2)c1)NCCCCSC.I. The summed E-state index contributed by atoms with van der Waals surface area (Å²) in [6.45, 7) is 5.32. The van der Waals surface area contributed by atoms with Crippen LogP contribution in [0.4, 0.5) is 0 Å². The van der Waals surface area contributed by atoms with Crippen LogP contribution in [0.3, 0.4) is 0 Å². The largest absolute Gasteiger partial charge is 0.477 e. The van der Waals surface area contributed by atoms with Gasteiger partial charge in [-0.15, -0.1) is 24.0 Å². The normalized spacial score (nSPS) is 13.9. The Balaban J connectivity index is 0.00000312. The number of hydrogen-bond acceptors (Lipinski definition) is 4. The number of hydrogen-bond donors (Lipinski definition) is 2. The fourth-order valence-corrected chi connectivity index (χ4v) is 2.70. The molecule has 0 aromatic carbocycles. The molecular weight excluding hydrogens is 447 g/mol. The van der Waals surface area contributed by atoms with Crippen molar-refractivity contribution in [1.82, 2.24) is 15.6 Å². The topological polar surface area (TPSA) is 58.5 Å². The minimum absolute atomic E-state index is 0. The lowest BCUT2D eigenvalue weighted by atomic mass is 10.3. The lowest BCUT2D eigenvalue weighted by Gasteiger charge is -2.11. The van der Waals surface area contributed by atoms with Crippen molar-refractivity contribution in [2.75, 3.05) is 31.7 Å². The molecule has 0 spiro atoms. The highest BCUT2D eigenvalue weighted by atomic mass is 127. The van der Waals surface area contributed by atoms with Gasteiger partial charge in [-0.25, -0.2) is 9.98 Å². The summed E-state index contributed by atoms with van der Waals surface area (Å²) in [7, 11) is 0. The molecule has 2 rings (SSSR count). The molecule has 1 heterocycles. The van der Waals surface area contributed by atoms with E-state index in [9.17, 15) is 0 Å². The van der Waals surface area contributed by atoms with Gasteiger partial charge in [0.1, 0.15) is 0 Å². The van der Waals surface area contributed by atoms with E-state index >= 15 is 0 Å². The van der Waals surface area contributed by atoms with Crippen LogP contribution in [-0.2, 0) is 6.54 Å². The van der Waals surface area contributed by atoms with Crippen LogP contribution in [0.25, 0.3) is 0 Å². The summed E-state index contributed by atoms with van der Waals surface area (Å²) >= 11 is 1.90. The van der Waals surface area contributed by atoms with Crippen LogP contribution in [0.1, 0.15) is 38.2 Å². The summed E-state index contributed by atoms with van der Waals surface area (Å²) in [6.07, 6.45) is 8.93. The average Bonchev–Trinajstić information content (AvgIpc) is 3.42. The monoisotopic (exact) mass is 478 g/mol. The van der Waals surface area contributed by atoms with E-state index in [1.54, 1.807) is 6.20 Å². The molecule has 0 atom stereocenters. The Kier molecular flexibility index (Phi) is 12.1. The molecule has 1 aromatic heterocycles. The van der Waals surface area contributed by atoms with E-state index in [2.05, 4.69) is 33.8 Å². The molecule has 1 aliphatic rings. The Morgan fingerprint density at radius 1 is 1.36 bits per heavy atom. The Bertz CT molecular complexity index is 512. The number of nitrogens with zero attached hydrogens (tertiary/aromatic N) is 2. The predicted molar refractivity (Wildman–Crippen MR) is 118 cm³/mol. The number of guanidine groups is 1. The van der Waals surface area contributed by atoms with Gasteiger partial charge in [-0.3, -0.25) is 0 Å². The first-order chi connectivity index (χ1) is 11.8. The maximum atomic E-state index is 5.73. The summed E-state index contributed by atoms with van der Waals surface area (Å²) in [5, 5.41) is 6.69. The molecule has 7 heteroatoms. The lowest BCUT2D eigenvalue weighted by Crippen LogP contribution is -2.37. The summed E-state index contributed by atoms with van der Waals surface area (Å²) in [5.41, 5.74) is 1.12. The van der Waals surface area contributed by atoms with Crippen molar-refractivity contribution in [1.29, 1.82) is 0 Å². The molecule has 25 heavy (non-hydrogen) atoms. The summed E-state index contributed by atoms with van der Waals surface area (Å²) in [5.74, 6) is 3.54. The van der Waals surface area contributed by atoms with E-state index in [1.807, 2.05) is 23.9 Å². The Hall–Kier alpha value is -0.700. The van der Waals surface area contributed by atoms with Gasteiger partial charge >= 0.3 is 0 Å². The van der Waals surface area contributed by atoms with Crippen LogP contribution in [0.15, 0.2) is 23.3 Å². The summed E-state index contributed by atoms with van der Waals surface area (Å²) in [4.78, 5) is 8.93. The zero-order valence-corrected chi connectivity index (χ0v) is 18.4. The van der Waals surface area contributed by atoms with Gasteiger partial charge in [-0.05, 0) is 62.2 Å². The van der Waals surface area contributed by atoms with Crippen LogP contribution >= 0.6 is 35.7 Å². The number of rotatable bonds is 11. The molecule has 0 unspecified atom stereocenters. The third kappa shape index (κ3) is 10.1. The molecule has 2 N–H and O–H groups in total. The summed E-state index contributed by atoms with van der Waals surface area (Å²) < 4.78 is 5.73. The lowest BCUT2D eigenvalue weighted by molar-refractivity contribution is 0.288. The van der Waals surface area contributed by atoms with Crippen LogP contribution in [0, 0.1) is 5.92 Å². The van der Waals surface area contributed by atoms with Crippen LogP contribution in [0.2, 0.25) is 0 Å². The van der Waals surface area contributed by atoms with Gasteiger partial charge < -0.3 is 15.4 Å². The van der Waals surface area contributed by atoms with E-state index < -0.39 is 0 Å².